The van der Waals surface area contributed by atoms with Crippen molar-refractivity contribution in [2.45, 2.75) is 37.6 Å². The number of imide groups is 1. The van der Waals surface area contributed by atoms with E-state index in [9.17, 15) is 19.5 Å². The van der Waals surface area contributed by atoms with Gasteiger partial charge < -0.3 is 15.7 Å². The van der Waals surface area contributed by atoms with Gasteiger partial charge in [-0.15, -0.1) is 0 Å². The van der Waals surface area contributed by atoms with Crippen molar-refractivity contribution in [3.8, 4) is 0 Å². The maximum atomic E-state index is 11.9. The zero-order valence-corrected chi connectivity index (χ0v) is 10.8. The summed E-state index contributed by atoms with van der Waals surface area (Å²) in [7, 11) is 0. The van der Waals surface area contributed by atoms with E-state index in [0.29, 0.717) is 0 Å². The Morgan fingerprint density at radius 1 is 1.32 bits per heavy atom. The van der Waals surface area contributed by atoms with Gasteiger partial charge in [0.1, 0.15) is 6.54 Å². The standard InChI is InChI=1S/C12H19N3O4/c16-8-12(4-2-1-3-5-12)14-9(17)7-15-10(18)6-13-11(15)19/h16H,1-8H2,(H,13,19)(H,14,17). The van der Waals surface area contributed by atoms with E-state index in [-0.39, 0.29) is 19.7 Å². The molecule has 0 aromatic rings. The van der Waals surface area contributed by atoms with Crippen molar-refractivity contribution in [1.29, 1.82) is 0 Å². The third-order valence-electron chi connectivity index (χ3n) is 3.76. The molecule has 1 aliphatic heterocycles. The number of amides is 4. The van der Waals surface area contributed by atoms with Crippen molar-refractivity contribution >= 4 is 17.8 Å². The molecule has 1 saturated heterocycles. The maximum Gasteiger partial charge on any atom is 0.325 e. The third-order valence-corrected chi connectivity index (χ3v) is 3.76. The predicted octanol–water partition coefficient (Wildman–Crippen LogP) is -0.650. The lowest BCUT2D eigenvalue weighted by Gasteiger charge is -2.36. The average Bonchev–Trinajstić information content (AvgIpc) is 2.71. The first kappa shape index (κ1) is 13.8. The Labute approximate surface area is 111 Å². The van der Waals surface area contributed by atoms with E-state index in [1.165, 1.54) is 0 Å². The summed E-state index contributed by atoms with van der Waals surface area (Å²) in [5, 5.41) is 14.6. The van der Waals surface area contributed by atoms with Gasteiger partial charge in [-0.3, -0.25) is 14.5 Å². The lowest BCUT2D eigenvalue weighted by Crippen LogP contribution is -2.55. The fraction of sp³-hybridized carbons (Fsp3) is 0.750. The van der Waals surface area contributed by atoms with Gasteiger partial charge in [0, 0.05) is 0 Å². The van der Waals surface area contributed by atoms with Gasteiger partial charge in [0.2, 0.25) is 5.91 Å². The number of aliphatic hydroxyl groups is 1. The highest BCUT2D eigenvalue weighted by Crippen LogP contribution is 2.27. The highest BCUT2D eigenvalue weighted by molar-refractivity contribution is 6.04. The Balaban J connectivity index is 1.92. The summed E-state index contributed by atoms with van der Waals surface area (Å²) in [6.07, 6.45) is 4.49. The largest absolute Gasteiger partial charge is 0.394 e. The molecule has 0 bridgehead atoms. The van der Waals surface area contributed by atoms with E-state index < -0.39 is 23.4 Å². The van der Waals surface area contributed by atoms with Crippen LogP contribution < -0.4 is 10.6 Å². The molecule has 0 aromatic carbocycles. The number of nitrogens with zero attached hydrogens (tertiary/aromatic N) is 1. The van der Waals surface area contributed by atoms with E-state index in [4.69, 9.17) is 0 Å². The molecule has 0 spiro atoms. The number of rotatable bonds is 4. The summed E-state index contributed by atoms with van der Waals surface area (Å²) in [6.45, 7) is -0.456. The van der Waals surface area contributed by atoms with Gasteiger partial charge in [0.15, 0.2) is 0 Å². The first-order valence-electron chi connectivity index (χ1n) is 6.56. The van der Waals surface area contributed by atoms with Crippen LogP contribution >= 0.6 is 0 Å². The van der Waals surface area contributed by atoms with Crippen LogP contribution in [0.25, 0.3) is 0 Å². The van der Waals surface area contributed by atoms with Crippen LogP contribution in [-0.4, -0.2) is 53.1 Å². The summed E-state index contributed by atoms with van der Waals surface area (Å²) in [4.78, 5) is 35.5. The maximum absolute atomic E-state index is 11.9. The molecule has 7 nitrogen and oxygen atoms in total. The van der Waals surface area contributed by atoms with Crippen LogP contribution in [0.15, 0.2) is 0 Å². The lowest BCUT2D eigenvalue weighted by atomic mass is 9.82. The smallest absolute Gasteiger partial charge is 0.325 e. The Kier molecular flexibility index (Phi) is 4.04. The molecule has 0 atom stereocenters. The van der Waals surface area contributed by atoms with Gasteiger partial charge in [0.05, 0.1) is 18.7 Å². The summed E-state index contributed by atoms with van der Waals surface area (Å²) >= 11 is 0. The van der Waals surface area contributed by atoms with Gasteiger partial charge in [-0.1, -0.05) is 19.3 Å². The van der Waals surface area contributed by atoms with Crippen molar-refractivity contribution in [3.05, 3.63) is 0 Å². The summed E-state index contributed by atoms with van der Waals surface area (Å²) < 4.78 is 0. The number of hydrogen-bond acceptors (Lipinski definition) is 4. The number of carbonyl (C=O) groups excluding carboxylic acids is 3. The summed E-state index contributed by atoms with van der Waals surface area (Å²) in [5.41, 5.74) is -0.589. The van der Waals surface area contributed by atoms with Crippen LogP contribution in [0.5, 0.6) is 0 Å². The quantitative estimate of drug-likeness (QED) is 0.591. The first-order valence-corrected chi connectivity index (χ1v) is 6.56. The topological polar surface area (TPSA) is 98.7 Å². The van der Waals surface area contributed by atoms with Gasteiger partial charge in [-0.2, -0.15) is 0 Å². The van der Waals surface area contributed by atoms with Crippen LogP contribution in [0.3, 0.4) is 0 Å². The number of carbonyl (C=O) groups is 3. The molecule has 7 heteroatoms. The SMILES string of the molecule is O=C(CN1C(=O)CNC1=O)NC1(CO)CCCCC1. The summed E-state index contributed by atoms with van der Waals surface area (Å²) in [5.74, 6) is -0.803. The van der Waals surface area contributed by atoms with Crippen LogP contribution in [0.4, 0.5) is 4.79 Å². The molecule has 2 aliphatic rings. The molecule has 1 aliphatic carbocycles. The van der Waals surface area contributed by atoms with Gasteiger partial charge in [0.25, 0.3) is 5.91 Å². The van der Waals surface area contributed by atoms with Crippen molar-refractivity contribution in [2.24, 2.45) is 0 Å². The van der Waals surface area contributed by atoms with E-state index in [0.717, 1.165) is 37.0 Å². The Bertz CT molecular complexity index is 374. The molecule has 2 rings (SSSR count). The molecule has 3 N–H and O–H groups in total. The molecule has 2 fully saturated rings. The minimum atomic E-state index is -0.589. The molecule has 1 heterocycles. The fourth-order valence-corrected chi connectivity index (χ4v) is 2.65. The van der Waals surface area contributed by atoms with Gasteiger partial charge in [-0.05, 0) is 12.8 Å². The lowest BCUT2D eigenvalue weighted by molar-refractivity contribution is -0.132. The number of aliphatic hydroxyl groups excluding tert-OH is 1. The second-order valence-corrected chi connectivity index (χ2v) is 5.19. The Morgan fingerprint density at radius 3 is 2.53 bits per heavy atom. The molecular formula is C12H19N3O4. The van der Waals surface area contributed by atoms with E-state index in [2.05, 4.69) is 10.6 Å². The van der Waals surface area contributed by atoms with Crippen LogP contribution in [0, 0.1) is 0 Å². The molecular weight excluding hydrogens is 250 g/mol. The second kappa shape index (κ2) is 5.56. The molecule has 106 valence electrons. The van der Waals surface area contributed by atoms with Gasteiger partial charge >= 0.3 is 6.03 Å². The Hall–Kier alpha value is -1.63. The third kappa shape index (κ3) is 3.04. The number of hydrogen-bond donors (Lipinski definition) is 3. The van der Waals surface area contributed by atoms with Crippen LogP contribution in [-0.2, 0) is 9.59 Å². The molecule has 4 amide bonds. The minimum Gasteiger partial charge on any atom is -0.394 e. The number of nitrogens with one attached hydrogen (secondary N) is 2. The minimum absolute atomic E-state index is 0.0583. The second-order valence-electron chi connectivity index (χ2n) is 5.19. The molecule has 0 unspecified atom stereocenters. The van der Waals surface area contributed by atoms with Crippen molar-refractivity contribution in [3.63, 3.8) is 0 Å². The molecule has 0 radical (unpaired) electrons. The number of urea groups is 1. The highest BCUT2D eigenvalue weighted by atomic mass is 16.3. The van der Waals surface area contributed by atoms with Crippen molar-refractivity contribution in [1.82, 2.24) is 15.5 Å². The molecule has 19 heavy (non-hydrogen) atoms. The normalized spacial score (nSPS) is 22.3. The zero-order chi connectivity index (χ0) is 13.9. The predicted molar refractivity (Wildman–Crippen MR) is 66.2 cm³/mol. The van der Waals surface area contributed by atoms with E-state index in [1.54, 1.807) is 0 Å². The monoisotopic (exact) mass is 269 g/mol. The van der Waals surface area contributed by atoms with Crippen molar-refractivity contribution < 1.29 is 19.5 Å². The fourth-order valence-electron chi connectivity index (χ4n) is 2.65. The first-order chi connectivity index (χ1) is 9.06. The summed E-state index contributed by atoms with van der Waals surface area (Å²) in [6, 6.07) is -0.540. The van der Waals surface area contributed by atoms with Gasteiger partial charge in [-0.25, -0.2) is 4.79 Å². The van der Waals surface area contributed by atoms with Crippen molar-refractivity contribution in [2.75, 3.05) is 19.7 Å². The van der Waals surface area contributed by atoms with E-state index >= 15 is 0 Å². The highest BCUT2D eigenvalue weighted by Gasteiger charge is 2.35. The van der Waals surface area contributed by atoms with Crippen LogP contribution in [0.2, 0.25) is 0 Å². The van der Waals surface area contributed by atoms with E-state index in [1.807, 2.05) is 0 Å². The Morgan fingerprint density at radius 2 is 2.00 bits per heavy atom. The molecule has 1 saturated carbocycles. The van der Waals surface area contributed by atoms with Crippen LogP contribution in [0.1, 0.15) is 32.1 Å². The zero-order valence-electron chi connectivity index (χ0n) is 10.8. The average molecular weight is 269 g/mol. The molecule has 0 aromatic heterocycles.